The molecular weight excluding hydrogens is 292 g/mol. The van der Waals surface area contributed by atoms with Crippen LogP contribution in [0.2, 0.25) is 0 Å². The highest BCUT2D eigenvalue weighted by Crippen LogP contribution is 2.27. The molecule has 2 atom stereocenters. The van der Waals surface area contributed by atoms with Crippen molar-refractivity contribution in [2.75, 3.05) is 25.6 Å². The molecule has 0 spiro atoms. The number of rotatable bonds is 4. The van der Waals surface area contributed by atoms with E-state index in [1.807, 2.05) is 18.2 Å². The van der Waals surface area contributed by atoms with Crippen molar-refractivity contribution < 1.29 is 9.47 Å². The summed E-state index contributed by atoms with van der Waals surface area (Å²) in [6.07, 6.45) is 8.73. The first-order valence-corrected chi connectivity index (χ1v) is 7.80. The molecule has 120 valence electrons. The third-order valence-electron chi connectivity index (χ3n) is 4.08. The molecule has 1 fully saturated rings. The lowest BCUT2D eigenvalue weighted by Crippen LogP contribution is -2.42. The maximum Gasteiger partial charge on any atom is 0.237 e. The van der Waals surface area contributed by atoms with E-state index in [2.05, 4.69) is 21.4 Å². The predicted molar refractivity (Wildman–Crippen MR) is 87.8 cm³/mol. The number of aliphatic imine (C=N–C) groups is 1. The number of dihydropyridines is 1. The molecule has 3 heterocycles. The number of methoxy groups -OCH3 is 1. The van der Waals surface area contributed by atoms with Crippen molar-refractivity contribution in [3.05, 3.63) is 30.5 Å². The first kappa shape index (κ1) is 15.5. The Morgan fingerprint density at radius 3 is 3.04 bits per heavy atom. The minimum absolute atomic E-state index is 0.0598. The average Bonchev–Trinajstić information content (AvgIpc) is 2.63. The van der Waals surface area contributed by atoms with Gasteiger partial charge in [0.05, 0.1) is 37.2 Å². The van der Waals surface area contributed by atoms with Crippen LogP contribution in [0.3, 0.4) is 0 Å². The molecule has 1 aromatic rings. The average molecular weight is 312 g/mol. The standard InChI is InChI=1S/C17H20N4O2/c1-22-16-14(5-4-9-19-16)21-17(11-18)8-7-13(20-12-17)15-6-2-3-10-23-15/h4-5,7-9,15,21H,2-3,6,10,12H2,1H3. The van der Waals surface area contributed by atoms with Gasteiger partial charge < -0.3 is 14.8 Å². The number of nitriles is 1. The fraction of sp³-hybridized carbons (Fsp3) is 0.471. The summed E-state index contributed by atoms with van der Waals surface area (Å²) < 4.78 is 11.0. The summed E-state index contributed by atoms with van der Waals surface area (Å²) in [5.41, 5.74) is 0.707. The molecule has 6 nitrogen and oxygen atoms in total. The van der Waals surface area contributed by atoms with Crippen molar-refractivity contribution in [2.45, 2.75) is 30.9 Å². The molecule has 2 unspecified atom stereocenters. The lowest BCUT2D eigenvalue weighted by molar-refractivity contribution is 0.0589. The first-order valence-electron chi connectivity index (χ1n) is 7.80. The molecule has 0 aromatic carbocycles. The van der Waals surface area contributed by atoms with Gasteiger partial charge in [-0.2, -0.15) is 5.26 Å². The summed E-state index contributed by atoms with van der Waals surface area (Å²) in [4.78, 5) is 8.73. The Morgan fingerprint density at radius 2 is 2.39 bits per heavy atom. The van der Waals surface area contributed by atoms with Gasteiger partial charge in [-0.25, -0.2) is 4.98 Å². The Balaban J connectivity index is 1.75. The van der Waals surface area contributed by atoms with Crippen LogP contribution in [0.1, 0.15) is 19.3 Å². The van der Waals surface area contributed by atoms with Crippen molar-refractivity contribution in [1.82, 2.24) is 4.98 Å². The molecule has 1 N–H and O–H groups in total. The maximum atomic E-state index is 9.64. The van der Waals surface area contributed by atoms with E-state index < -0.39 is 5.54 Å². The van der Waals surface area contributed by atoms with Crippen LogP contribution in [0.25, 0.3) is 0 Å². The van der Waals surface area contributed by atoms with Gasteiger partial charge in [-0.15, -0.1) is 0 Å². The lowest BCUT2D eigenvalue weighted by atomic mass is 9.94. The summed E-state index contributed by atoms with van der Waals surface area (Å²) >= 11 is 0. The van der Waals surface area contributed by atoms with Crippen LogP contribution in [-0.4, -0.2) is 42.6 Å². The van der Waals surface area contributed by atoms with Crippen LogP contribution in [0.15, 0.2) is 35.5 Å². The second-order valence-electron chi connectivity index (χ2n) is 5.70. The Labute approximate surface area is 135 Å². The van der Waals surface area contributed by atoms with Gasteiger partial charge in [0.15, 0.2) is 5.54 Å². The number of hydrogen-bond donors (Lipinski definition) is 1. The van der Waals surface area contributed by atoms with E-state index in [4.69, 9.17) is 9.47 Å². The fourth-order valence-corrected chi connectivity index (χ4v) is 2.80. The third-order valence-corrected chi connectivity index (χ3v) is 4.08. The number of aromatic nitrogens is 1. The molecular formula is C17H20N4O2. The van der Waals surface area contributed by atoms with E-state index in [-0.39, 0.29) is 6.10 Å². The highest BCUT2D eigenvalue weighted by Gasteiger charge is 2.32. The number of anilines is 1. The third kappa shape index (κ3) is 3.35. The van der Waals surface area contributed by atoms with Crippen molar-refractivity contribution in [3.8, 4) is 11.9 Å². The highest BCUT2D eigenvalue weighted by molar-refractivity contribution is 5.99. The van der Waals surface area contributed by atoms with E-state index in [1.165, 1.54) is 0 Å². The number of hydrogen-bond acceptors (Lipinski definition) is 6. The van der Waals surface area contributed by atoms with E-state index in [1.54, 1.807) is 19.4 Å². The molecule has 0 amide bonds. The fourth-order valence-electron chi connectivity index (χ4n) is 2.80. The van der Waals surface area contributed by atoms with Crippen molar-refractivity contribution >= 4 is 11.4 Å². The zero-order valence-corrected chi connectivity index (χ0v) is 13.2. The largest absolute Gasteiger partial charge is 0.480 e. The molecule has 23 heavy (non-hydrogen) atoms. The minimum Gasteiger partial charge on any atom is -0.480 e. The lowest BCUT2D eigenvalue weighted by Gasteiger charge is -2.30. The summed E-state index contributed by atoms with van der Waals surface area (Å²) in [6.45, 7) is 1.12. The Morgan fingerprint density at radius 1 is 1.48 bits per heavy atom. The SMILES string of the molecule is COc1ncccc1NC1(C#N)C=CC(C2CCCCO2)=NC1. The normalized spacial score (nSPS) is 27.0. The Kier molecular flexibility index (Phi) is 4.58. The quantitative estimate of drug-likeness (QED) is 0.923. The van der Waals surface area contributed by atoms with E-state index in [0.29, 0.717) is 18.1 Å². The molecule has 2 aliphatic rings. The monoisotopic (exact) mass is 312 g/mol. The number of nitrogens with zero attached hydrogens (tertiary/aromatic N) is 3. The molecule has 0 bridgehead atoms. The minimum atomic E-state index is -0.894. The summed E-state index contributed by atoms with van der Waals surface area (Å²) in [5, 5.41) is 12.8. The zero-order valence-electron chi connectivity index (χ0n) is 13.2. The van der Waals surface area contributed by atoms with Gasteiger partial charge in [0.2, 0.25) is 5.88 Å². The van der Waals surface area contributed by atoms with Crippen LogP contribution < -0.4 is 10.1 Å². The molecule has 3 rings (SSSR count). The van der Waals surface area contributed by atoms with Crippen molar-refractivity contribution in [2.24, 2.45) is 4.99 Å². The summed E-state index contributed by atoms with van der Waals surface area (Å²) in [6, 6.07) is 5.95. The first-order chi connectivity index (χ1) is 11.3. The van der Waals surface area contributed by atoms with Gasteiger partial charge in [-0.05, 0) is 43.5 Å². The Hall–Kier alpha value is -2.39. The second kappa shape index (κ2) is 6.80. The van der Waals surface area contributed by atoms with Gasteiger partial charge >= 0.3 is 0 Å². The second-order valence-corrected chi connectivity index (χ2v) is 5.70. The molecule has 0 saturated carbocycles. The molecule has 1 saturated heterocycles. The Bertz CT molecular complexity index is 659. The highest BCUT2D eigenvalue weighted by atomic mass is 16.5. The van der Waals surface area contributed by atoms with Crippen molar-refractivity contribution in [3.63, 3.8) is 0 Å². The molecule has 6 heteroatoms. The number of nitrogens with one attached hydrogen (secondary N) is 1. The van der Waals surface area contributed by atoms with Crippen LogP contribution in [0.5, 0.6) is 5.88 Å². The topological polar surface area (TPSA) is 79.5 Å². The van der Waals surface area contributed by atoms with Crippen LogP contribution in [0, 0.1) is 11.3 Å². The van der Waals surface area contributed by atoms with E-state index in [0.717, 1.165) is 31.6 Å². The molecule has 0 radical (unpaired) electrons. The predicted octanol–water partition coefficient (Wildman–Crippen LogP) is 2.34. The van der Waals surface area contributed by atoms with Gasteiger partial charge in [0.25, 0.3) is 0 Å². The number of ether oxygens (including phenoxy) is 2. The van der Waals surface area contributed by atoms with Gasteiger partial charge in [-0.1, -0.05) is 0 Å². The molecule has 2 aliphatic heterocycles. The summed E-state index contributed by atoms with van der Waals surface area (Å²) in [5.74, 6) is 0.459. The zero-order chi connectivity index (χ0) is 16.1. The van der Waals surface area contributed by atoms with Crippen LogP contribution in [-0.2, 0) is 4.74 Å². The van der Waals surface area contributed by atoms with E-state index >= 15 is 0 Å². The number of pyridine rings is 1. The van der Waals surface area contributed by atoms with Crippen molar-refractivity contribution in [1.29, 1.82) is 5.26 Å². The van der Waals surface area contributed by atoms with E-state index in [9.17, 15) is 5.26 Å². The van der Waals surface area contributed by atoms with Gasteiger partial charge in [-0.3, -0.25) is 4.99 Å². The molecule has 1 aromatic heterocycles. The molecule has 0 aliphatic carbocycles. The van der Waals surface area contributed by atoms with Crippen LogP contribution in [0.4, 0.5) is 5.69 Å². The van der Waals surface area contributed by atoms with Gasteiger partial charge in [0, 0.05) is 12.8 Å². The van der Waals surface area contributed by atoms with Crippen LogP contribution >= 0.6 is 0 Å². The smallest absolute Gasteiger partial charge is 0.237 e. The van der Waals surface area contributed by atoms with Gasteiger partial charge in [0.1, 0.15) is 0 Å². The summed E-state index contributed by atoms with van der Waals surface area (Å²) in [7, 11) is 1.56. The maximum absolute atomic E-state index is 9.64.